The third kappa shape index (κ3) is 5.92. The Morgan fingerprint density at radius 1 is 1.15 bits per heavy atom. The molecule has 0 unspecified atom stereocenters. The van der Waals surface area contributed by atoms with Gasteiger partial charge in [-0.15, -0.1) is 24.0 Å². The highest BCUT2D eigenvalue weighted by Crippen LogP contribution is 1.96. The molecule has 0 saturated carbocycles. The first-order chi connectivity index (χ1) is 5.93. The Hall–Kier alpha value is -0.240. The fourth-order valence-corrected chi connectivity index (χ4v) is 1.15. The number of rotatable bonds is 5. The van der Waals surface area contributed by atoms with Crippen molar-refractivity contribution in [2.75, 3.05) is 12.4 Å². The number of alkyl halides is 1. The topological polar surface area (TPSA) is 12.0 Å². The van der Waals surface area contributed by atoms with Crippen LogP contribution in [0.3, 0.4) is 0 Å². The van der Waals surface area contributed by atoms with E-state index in [0.717, 1.165) is 25.4 Å². The summed E-state index contributed by atoms with van der Waals surface area (Å²) in [7, 11) is 0. The largest absolute Gasteiger partial charge is 0.313 e. The second-order valence-corrected chi connectivity index (χ2v) is 3.08. The molecule has 3 heteroatoms. The fraction of sp³-hybridized carbons (Fsp3) is 0.400. The lowest BCUT2D eigenvalue weighted by atomic mass is 10.2. The number of halogens is 2. The van der Waals surface area contributed by atoms with Crippen LogP contribution in [-0.4, -0.2) is 12.4 Å². The van der Waals surface area contributed by atoms with E-state index < -0.39 is 0 Å². The molecule has 0 bridgehead atoms. The number of benzene rings is 1. The molecule has 0 aliphatic rings. The highest BCUT2D eigenvalue weighted by atomic mass is 35.5. The van der Waals surface area contributed by atoms with Crippen molar-refractivity contribution in [3.63, 3.8) is 0 Å². The highest BCUT2D eigenvalue weighted by Gasteiger charge is 1.89. The van der Waals surface area contributed by atoms with Crippen LogP contribution in [-0.2, 0) is 6.54 Å². The van der Waals surface area contributed by atoms with Crippen LogP contribution in [0.25, 0.3) is 0 Å². The Morgan fingerprint density at radius 2 is 1.85 bits per heavy atom. The summed E-state index contributed by atoms with van der Waals surface area (Å²) < 4.78 is 0. The Bertz CT molecular complexity index is 201. The predicted molar refractivity (Wildman–Crippen MR) is 60.7 cm³/mol. The van der Waals surface area contributed by atoms with Crippen molar-refractivity contribution in [2.24, 2.45) is 0 Å². The van der Waals surface area contributed by atoms with E-state index >= 15 is 0 Å². The average molecular weight is 220 g/mol. The zero-order valence-electron chi connectivity index (χ0n) is 7.50. The molecule has 0 spiro atoms. The maximum Gasteiger partial charge on any atom is 0.0235 e. The Labute approximate surface area is 90.9 Å². The SMILES string of the molecule is Cl.ClCCCNCc1ccccc1. The Kier molecular flexibility index (Phi) is 8.21. The van der Waals surface area contributed by atoms with E-state index in [1.54, 1.807) is 0 Å². The van der Waals surface area contributed by atoms with Crippen molar-refractivity contribution < 1.29 is 0 Å². The molecule has 13 heavy (non-hydrogen) atoms. The summed E-state index contributed by atoms with van der Waals surface area (Å²) in [5, 5.41) is 3.32. The van der Waals surface area contributed by atoms with Crippen LogP contribution in [0.2, 0.25) is 0 Å². The van der Waals surface area contributed by atoms with Crippen molar-refractivity contribution in [3.05, 3.63) is 35.9 Å². The van der Waals surface area contributed by atoms with E-state index in [0.29, 0.717) is 0 Å². The van der Waals surface area contributed by atoms with Gasteiger partial charge in [-0.3, -0.25) is 0 Å². The molecule has 0 radical (unpaired) electrons. The maximum absolute atomic E-state index is 5.54. The summed E-state index contributed by atoms with van der Waals surface area (Å²) in [5.41, 5.74) is 1.33. The molecule has 0 aliphatic heterocycles. The zero-order chi connectivity index (χ0) is 8.65. The molecule has 1 N–H and O–H groups in total. The second-order valence-electron chi connectivity index (χ2n) is 2.70. The lowest BCUT2D eigenvalue weighted by Crippen LogP contribution is -2.14. The van der Waals surface area contributed by atoms with Crippen LogP contribution in [0, 0.1) is 0 Å². The fourth-order valence-electron chi connectivity index (χ4n) is 1.02. The van der Waals surface area contributed by atoms with Gasteiger partial charge < -0.3 is 5.32 Å². The molecule has 0 saturated heterocycles. The van der Waals surface area contributed by atoms with Crippen LogP contribution in [0.15, 0.2) is 30.3 Å². The zero-order valence-corrected chi connectivity index (χ0v) is 9.07. The normalized spacial score (nSPS) is 9.31. The molecule has 0 heterocycles. The van der Waals surface area contributed by atoms with Gasteiger partial charge in [0.05, 0.1) is 0 Å². The molecule has 1 aromatic rings. The monoisotopic (exact) mass is 219 g/mol. The minimum Gasteiger partial charge on any atom is -0.313 e. The van der Waals surface area contributed by atoms with Crippen LogP contribution in [0.1, 0.15) is 12.0 Å². The van der Waals surface area contributed by atoms with E-state index in [2.05, 4.69) is 29.6 Å². The number of hydrogen-bond acceptors (Lipinski definition) is 1. The summed E-state index contributed by atoms with van der Waals surface area (Å²) in [4.78, 5) is 0. The summed E-state index contributed by atoms with van der Waals surface area (Å²) in [6.45, 7) is 1.94. The van der Waals surface area contributed by atoms with Crippen molar-refractivity contribution in [2.45, 2.75) is 13.0 Å². The quantitative estimate of drug-likeness (QED) is 0.594. The lowest BCUT2D eigenvalue weighted by molar-refractivity contribution is 0.678. The average Bonchev–Trinajstić information content (AvgIpc) is 2.14. The van der Waals surface area contributed by atoms with Crippen LogP contribution < -0.4 is 5.32 Å². The van der Waals surface area contributed by atoms with Crippen LogP contribution in [0.4, 0.5) is 0 Å². The lowest BCUT2D eigenvalue weighted by Gasteiger charge is -2.02. The standard InChI is InChI=1S/C10H14ClN.ClH/c11-7-4-8-12-9-10-5-2-1-3-6-10;/h1-3,5-6,12H,4,7-9H2;1H. The molecule has 74 valence electrons. The molecule has 0 aliphatic carbocycles. The Morgan fingerprint density at radius 3 is 2.46 bits per heavy atom. The number of nitrogens with one attached hydrogen (secondary N) is 1. The summed E-state index contributed by atoms with van der Waals surface area (Å²) in [6.07, 6.45) is 1.04. The van der Waals surface area contributed by atoms with E-state index in [-0.39, 0.29) is 12.4 Å². The smallest absolute Gasteiger partial charge is 0.0235 e. The molecular formula is C10H15Cl2N. The van der Waals surface area contributed by atoms with Crippen LogP contribution >= 0.6 is 24.0 Å². The molecule has 0 amide bonds. The summed E-state index contributed by atoms with van der Waals surface area (Å²) in [5.74, 6) is 0.738. The van der Waals surface area contributed by atoms with Crippen molar-refractivity contribution in [3.8, 4) is 0 Å². The molecule has 1 nitrogen and oxygen atoms in total. The number of hydrogen-bond donors (Lipinski definition) is 1. The van der Waals surface area contributed by atoms with Gasteiger partial charge in [0.15, 0.2) is 0 Å². The molecule has 0 atom stereocenters. The maximum atomic E-state index is 5.54. The van der Waals surface area contributed by atoms with E-state index in [1.807, 2.05) is 6.07 Å². The summed E-state index contributed by atoms with van der Waals surface area (Å²) in [6, 6.07) is 10.4. The van der Waals surface area contributed by atoms with Crippen LogP contribution in [0.5, 0.6) is 0 Å². The Balaban J connectivity index is 0.00000144. The minimum atomic E-state index is 0. The molecule has 0 aromatic heterocycles. The van der Waals surface area contributed by atoms with E-state index in [4.69, 9.17) is 11.6 Å². The first kappa shape index (κ1) is 12.8. The van der Waals surface area contributed by atoms with Gasteiger partial charge in [0.1, 0.15) is 0 Å². The van der Waals surface area contributed by atoms with Crippen molar-refractivity contribution >= 4 is 24.0 Å². The van der Waals surface area contributed by atoms with Crippen molar-refractivity contribution in [1.29, 1.82) is 0 Å². The van der Waals surface area contributed by atoms with Gasteiger partial charge in [-0.25, -0.2) is 0 Å². The van der Waals surface area contributed by atoms with Gasteiger partial charge in [0.25, 0.3) is 0 Å². The van der Waals surface area contributed by atoms with Gasteiger partial charge in [-0.05, 0) is 18.5 Å². The first-order valence-corrected chi connectivity index (χ1v) is 4.77. The molecular weight excluding hydrogens is 205 g/mol. The van der Waals surface area contributed by atoms with Crippen molar-refractivity contribution in [1.82, 2.24) is 5.32 Å². The predicted octanol–water partition coefficient (Wildman–Crippen LogP) is 2.83. The van der Waals surface area contributed by atoms with Gasteiger partial charge in [-0.1, -0.05) is 30.3 Å². The second kappa shape index (κ2) is 8.36. The highest BCUT2D eigenvalue weighted by molar-refractivity contribution is 6.17. The van der Waals surface area contributed by atoms with Gasteiger partial charge in [0.2, 0.25) is 0 Å². The third-order valence-corrected chi connectivity index (χ3v) is 1.93. The molecule has 0 fully saturated rings. The van der Waals surface area contributed by atoms with Gasteiger partial charge in [0, 0.05) is 12.4 Å². The third-order valence-electron chi connectivity index (χ3n) is 1.66. The van der Waals surface area contributed by atoms with E-state index in [1.165, 1.54) is 5.56 Å². The van der Waals surface area contributed by atoms with Gasteiger partial charge in [-0.2, -0.15) is 0 Å². The van der Waals surface area contributed by atoms with E-state index in [9.17, 15) is 0 Å². The summed E-state index contributed by atoms with van der Waals surface area (Å²) >= 11 is 5.54. The molecule has 1 aromatic carbocycles. The first-order valence-electron chi connectivity index (χ1n) is 4.24. The molecule has 1 rings (SSSR count). The van der Waals surface area contributed by atoms with Gasteiger partial charge >= 0.3 is 0 Å². The minimum absolute atomic E-state index is 0.